The molecule has 1 saturated heterocycles. The summed E-state index contributed by atoms with van der Waals surface area (Å²) in [5.74, 6) is -3.49. The third kappa shape index (κ3) is 5.39. The van der Waals surface area contributed by atoms with E-state index in [1.165, 1.54) is 0 Å². The molecule has 1 aliphatic heterocycles. The first-order chi connectivity index (χ1) is 15.8. The van der Waals surface area contributed by atoms with E-state index in [1.54, 1.807) is 30.3 Å². The van der Waals surface area contributed by atoms with Gasteiger partial charge >= 0.3 is 5.97 Å². The number of hydrogen-bond donors (Lipinski definition) is 1. The Bertz CT molecular complexity index is 1130. The van der Waals surface area contributed by atoms with Gasteiger partial charge in [0, 0.05) is 24.7 Å². The minimum absolute atomic E-state index is 0.0532. The molecule has 176 valence electrons. The molecule has 33 heavy (non-hydrogen) atoms. The Morgan fingerprint density at radius 3 is 2.30 bits per heavy atom. The first kappa shape index (κ1) is 23.3. The van der Waals surface area contributed by atoms with E-state index in [-0.39, 0.29) is 32.0 Å². The van der Waals surface area contributed by atoms with E-state index < -0.39 is 50.5 Å². The highest BCUT2D eigenvalue weighted by Gasteiger charge is 2.37. The number of ether oxygens (including phenoxy) is 1. The third-order valence-electron chi connectivity index (χ3n) is 5.80. The summed E-state index contributed by atoms with van der Waals surface area (Å²) < 4.78 is 59.6. The van der Waals surface area contributed by atoms with Crippen LogP contribution in [0.4, 0.5) is 8.78 Å². The molecular formula is C23H24F2N2O5S. The average Bonchev–Trinajstić information content (AvgIpc) is 3.63. The van der Waals surface area contributed by atoms with E-state index >= 15 is 0 Å². The lowest BCUT2D eigenvalue weighted by atomic mass is 9.98. The molecule has 0 radical (unpaired) electrons. The van der Waals surface area contributed by atoms with Crippen molar-refractivity contribution in [2.75, 3.05) is 13.1 Å². The van der Waals surface area contributed by atoms with Gasteiger partial charge in [-0.05, 0) is 43.9 Å². The number of esters is 1. The molecule has 1 aliphatic carbocycles. The summed E-state index contributed by atoms with van der Waals surface area (Å²) in [5, 5.41) is 2.85. The van der Waals surface area contributed by atoms with Gasteiger partial charge in [-0.3, -0.25) is 9.59 Å². The second-order valence-electron chi connectivity index (χ2n) is 8.26. The van der Waals surface area contributed by atoms with Crippen molar-refractivity contribution >= 4 is 21.9 Å². The van der Waals surface area contributed by atoms with E-state index in [0.717, 1.165) is 29.3 Å². The van der Waals surface area contributed by atoms with Gasteiger partial charge in [-0.25, -0.2) is 17.2 Å². The molecule has 2 aromatic rings. The second-order valence-corrected chi connectivity index (χ2v) is 10.2. The number of sulfonamides is 1. The summed E-state index contributed by atoms with van der Waals surface area (Å²) in [4.78, 5) is 24.8. The summed E-state index contributed by atoms with van der Waals surface area (Å²) in [6.07, 6.45) is 0.962. The number of nitrogens with zero attached hydrogens (tertiary/aromatic N) is 1. The van der Waals surface area contributed by atoms with Gasteiger partial charge in [0.1, 0.15) is 16.5 Å². The first-order valence-electron chi connectivity index (χ1n) is 10.8. The standard InChI is InChI=1S/C23H24F2N2O5S/c24-17-6-9-19(25)20(14-17)33(30,31)27-12-10-16(11-13-27)23(29)32-21(15-4-2-1-3-5-15)22(28)26-18-7-8-18/h1-6,9,14,16,18,21H,7-8,10-13H2,(H,26,28)/t21-/m0/s1. The van der Waals surface area contributed by atoms with E-state index in [1.807, 2.05) is 0 Å². The smallest absolute Gasteiger partial charge is 0.310 e. The van der Waals surface area contributed by atoms with Crippen LogP contribution in [0.5, 0.6) is 0 Å². The molecule has 2 fully saturated rings. The predicted octanol–water partition coefficient (Wildman–Crippen LogP) is 2.93. The molecule has 0 spiro atoms. The number of carbonyl (C=O) groups excluding carboxylic acids is 2. The van der Waals surface area contributed by atoms with Crippen LogP contribution in [0, 0.1) is 17.6 Å². The lowest BCUT2D eigenvalue weighted by Gasteiger charge is -2.31. The Labute approximate surface area is 190 Å². The van der Waals surface area contributed by atoms with Crippen molar-refractivity contribution in [2.24, 2.45) is 5.92 Å². The summed E-state index contributed by atoms with van der Waals surface area (Å²) in [6.45, 7) is -0.106. The SMILES string of the molecule is O=C(O[C@H](C(=O)NC1CC1)c1ccccc1)C1CCN(S(=O)(=O)c2cc(F)ccc2F)CC1. The van der Waals surface area contributed by atoms with Gasteiger partial charge in [-0.15, -0.1) is 0 Å². The maximum absolute atomic E-state index is 14.0. The molecule has 1 saturated carbocycles. The first-order valence-corrected chi connectivity index (χ1v) is 12.2. The van der Waals surface area contributed by atoms with Crippen molar-refractivity contribution in [3.05, 3.63) is 65.7 Å². The van der Waals surface area contributed by atoms with Crippen molar-refractivity contribution in [3.8, 4) is 0 Å². The fourth-order valence-corrected chi connectivity index (χ4v) is 5.31. The van der Waals surface area contributed by atoms with Crippen LogP contribution in [0.2, 0.25) is 0 Å². The van der Waals surface area contributed by atoms with Gasteiger partial charge in [-0.1, -0.05) is 30.3 Å². The molecule has 7 nitrogen and oxygen atoms in total. The fourth-order valence-electron chi connectivity index (χ4n) is 3.76. The Kier molecular flexibility index (Phi) is 6.76. The predicted molar refractivity (Wildman–Crippen MR) is 114 cm³/mol. The maximum Gasteiger partial charge on any atom is 0.310 e. The number of amides is 1. The van der Waals surface area contributed by atoms with Crippen LogP contribution in [0.3, 0.4) is 0 Å². The van der Waals surface area contributed by atoms with Gasteiger partial charge < -0.3 is 10.1 Å². The minimum atomic E-state index is -4.25. The average molecular weight is 479 g/mol. The van der Waals surface area contributed by atoms with E-state index in [2.05, 4.69) is 5.32 Å². The Balaban J connectivity index is 1.41. The molecule has 2 aliphatic rings. The van der Waals surface area contributed by atoms with E-state index in [4.69, 9.17) is 4.74 Å². The summed E-state index contributed by atoms with van der Waals surface area (Å²) in [5.41, 5.74) is 0.547. The van der Waals surface area contributed by atoms with E-state index in [9.17, 15) is 26.8 Å². The van der Waals surface area contributed by atoms with Crippen LogP contribution < -0.4 is 5.32 Å². The zero-order chi connectivity index (χ0) is 23.6. The highest BCUT2D eigenvalue weighted by Crippen LogP contribution is 2.29. The molecule has 0 aromatic heterocycles. The Morgan fingerprint density at radius 1 is 1.00 bits per heavy atom. The third-order valence-corrected chi connectivity index (χ3v) is 7.71. The fraction of sp³-hybridized carbons (Fsp3) is 0.391. The summed E-state index contributed by atoms with van der Waals surface area (Å²) in [7, 11) is -4.25. The van der Waals surface area contributed by atoms with Crippen LogP contribution in [-0.2, 0) is 24.3 Å². The zero-order valence-electron chi connectivity index (χ0n) is 17.7. The molecule has 2 aromatic carbocycles. The quantitative estimate of drug-likeness (QED) is 0.618. The molecule has 0 unspecified atom stereocenters. The Hall–Kier alpha value is -2.85. The topological polar surface area (TPSA) is 92.8 Å². The number of halogens is 2. The van der Waals surface area contributed by atoms with Crippen LogP contribution in [-0.4, -0.2) is 43.7 Å². The monoisotopic (exact) mass is 478 g/mol. The van der Waals surface area contributed by atoms with Crippen LogP contribution in [0.1, 0.15) is 37.4 Å². The molecule has 4 rings (SSSR count). The van der Waals surface area contributed by atoms with Crippen molar-refractivity contribution in [1.29, 1.82) is 0 Å². The van der Waals surface area contributed by atoms with Gasteiger partial charge in [0.15, 0.2) is 0 Å². The van der Waals surface area contributed by atoms with E-state index in [0.29, 0.717) is 11.6 Å². The van der Waals surface area contributed by atoms with Gasteiger partial charge in [0.2, 0.25) is 16.1 Å². The second kappa shape index (κ2) is 9.56. The maximum atomic E-state index is 14.0. The summed E-state index contributed by atoms with van der Waals surface area (Å²) >= 11 is 0. The number of nitrogens with one attached hydrogen (secondary N) is 1. The van der Waals surface area contributed by atoms with Gasteiger partial charge in [-0.2, -0.15) is 4.31 Å². The zero-order valence-corrected chi connectivity index (χ0v) is 18.6. The molecular weight excluding hydrogens is 454 g/mol. The van der Waals surface area contributed by atoms with Gasteiger partial charge in [0.05, 0.1) is 5.92 Å². The molecule has 1 amide bonds. The van der Waals surface area contributed by atoms with Crippen molar-refractivity contribution in [3.63, 3.8) is 0 Å². The number of rotatable bonds is 7. The number of hydrogen-bond acceptors (Lipinski definition) is 5. The molecule has 1 atom stereocenters. The lowest BCUT2D eigenvalue weighted by Crippen LogP contribution is -2.42. The number of benzene rings is 2. The number of piperidine rings is 1. The Morgan fingerprint density at radius 2 is 1.67 bits per heavy atom. The minimum Gasteiger partial charge on any atom is -0.447 e. The van der Waals surface area contributed by atoms with Crippen molar-refractivity contribution in [2.45, 2.75) is 42.7 Å². The van der Waals surface area contributed by atoms with Crippen molar-refractivity contribution < 1.29 is 31.5 Å². The van der Waals surface area contributed by atoms with Crippen molar-refractivity contribution in [1.82, 2.24) is 9.62 Å². The largest absolute Gasteiger partial charge is 0.447 e. The van der Waals surface area contributed by atoms with Gasteiger partial charge in [0.25, 0.3) is 5.91 Å². The highest BCUT2D eigenvalue weighted by atomic mass is 32.2. The lowest BCUT2D eigenvalue weighted by molar-refractivity contribution is -0.161. The van der Waals surface area contributed by atoms with Crippen LogP contribution in [0.25, 0.3) is 0 Å². The molecule has 10 heteroatoms. The number of carbonyl (C=O) groups is 2. The molecule has 1 heterocycles. The molecule has 0 bridgehead atoms. The van der Waals surface area contributed by atoms with Crippen LogP contribution >= 0.6 is 0 Å². The normalized spacial score (nSPS) is 18.5. The molecule has 1 N–H and O–H groups in total. The highest BCUT2D eigenvalue weighted by molar-refractivity contribution is 7.89. The summed E-state index contributed by atoms with van der Waals surface area (Å²) in [6, 6.07) is 11.0. The van der Waals surface area contributed by atoms with Crippen LogP contribution in [0.15, 0.2) is 53.4 Å².